The van der Waals surface area contributed by atoms with E-state index in [0.29, 0.717) is 37.4 Å². The number of morpholine rings is 1. The molecule has 1 fully saturated rings. The van der Waals surface area contributed by atoms with Crippen LogP contribution in [0.1, 0.15) is 21.5 Å². The van der Waals surface area contributed by atoms with Crippen LogP contribution in [0.25, 0.3) is 5.69 Å². The Kier molecular flexibility index (Phi) is 7.24. The van der Waals surface area contributed by atoms with Crippen LogP contribution in [0.4, 0.5) is 14.7 Å². The lowest BCUT2D eigenvalue weighted by Gasteiger charge is -2.28. The third-order valence-corrected chi connectivity index (χ3v) is 6.18. The first kappa shape index (κ1) is 23.2. The van der Waals surface area contributed by atoms with Gasteiger partial charge in [-0.1, -0.05) is 41.6 Å². The second-order valence-electron chi connectivity index (χ2n) is 7.59. The van der Waals surface area contributed by atoms with Gasteiger partial charge in [0.1, 0.15) is 5.75 Å². The lowest BCUT2D eigenvalue weighted by atomic mass is 10.1. The number of thioether (sulfide) groups is 1. The minimum Gasteiger partial charge on any atom is -0.434 e. The fraction of sp³-hybridized carbons (Fsp3) is 0.348. The maximum Gasteiger partial charge on any atom is 0.387 e. The number of Topliss-reactive ketones (excluding diaryl/α,β-unsaturated/α-hetero) is 1. The van der Waals surface area contributed by atoms with E-state index >= 15 is 0 Å². The minimum atomic E-state index is -3.01. The lowest BCUT2D eigenvalue weighted by Crippen LogP contribution is -2.38. The Bertz CT molecular complexity index is 1130. The molecule has 0 amide bonds. The van der Waals surface area contributed by atoms with Gasteiger partial charge in [0.05, 0.1) is 30.2 Å². The largest absolute Gasteiger partial charge is 0.434 e. The van der Waals surface area contributed by atoms with Crippen molar-refractivity contribution in [2.24, 2.45) is 0 Å². The molecule has 0 spiro atoms. The van der Waals surface area contributed by atoms with Crippen molar-refractivity contribution < 1.29 is 23.0 Å². The predicted octanol–water partition coefficient (Wildman–Crippen LogP) is 4.30. The second-order valence-corrected chi connectivity index (χ2v) is 8.54. The molecule has 1 aliphatic heterocycles. The van der Waals surface area contributed by atoms with E-state index in [2.05, 4.69) is 19.8 Å². The number of halogens is 2. The molecule has 2 aromatic carbocycles. The number of benzene rings is 2. The molecule has 0 aliphatic carbocycles. The topological polar surface area (TPSA) is 69.5 Å². The molecule has 1 aromatic heterocycles. The molecular formula is C23H24F2N4O3S. The third-order valence-electron chi connectivity index (χ3n) is 5.25. The number of anilines is 1. The Morgan fingerprint density at radius 2 is 1.91 bits per heavy atom. The second kappa shape index (κ2) is 10.3. The molecule has 0 N–H and O–H groups in total. The van der Waals surface area contributed by atoms with Gasteiger partial charge >= 0.3 is 6.61 Å². The summed E-state index contributed by atoms with van der Waals surface area (Å²) in [5.41, 5.74) is 2.85. The van der Waals surface area contributed by atoms with Crippen LogP contribution in [-0.2, 0) is 4.74 Å². The summed E-state index contributed by atoms with van der Waals surface area (Å²) in [6.07, 6.45) is 0. The molecule has 1 aliphatic rings. The number of ether oxygens (including phenoxy) is 2. The first-order valence-corrected chi connectivity index (χ1v) is 11.5. The van der Waals surface area contributed by atoms with E-state index in [4.69, 9.17) is 4.74 Å². The monoisotopic (exact) mass is 474 g/mol. The van der Waals surface area contributed by atoms with Crippen molar-refractivity contribution in [3.63, 3.8) is 0 Å². The molecule has 0 bridgehead atoms. The molecule has 2 heterocycles. The van der Waals surface area contributed by atoms with E-state index in [1.54, 1.807) is 19.1 Å². The molecule has 0 atom stereocenters. The number of carbonyl (C=O) groups is 1. The number of para-hydroxylation sites is 1. The van der Waals surface area contributed by atoms with E-state index in [1.165, 1.54) is 17.8 Å². The first-order chi connectivity index (χ1) is 15.9. The molecule has 1 saturated heterocycles. The van der Waals surface area contributed by atoms with E-state index in [9.17, 15) is 13.6 Å². The zero-order valence-corrected chi connectivity index (χ0v) is 19.1. The quantitative estimate of drug-likeness (QED) is 0.356. The van der Waals surface area contributed by atoms with E-state index in [1.807, 2.05) is 35.8 Å². The summed E-state index contributed by atoms with van der Waals surface area (Å²) in [6.45, 7) is 3.35. The Morgan fingerprint density at radius 1 is 1.15 bits per heavy atom. The number of nitrogens with zero attached hydrogens (tertiary/aromatic N) is 4. The van der Waals surface area contributed by atoms with Gasteiger partial charge in [0, 0.05) is 13.1 Å². The fourth-order valence-electron chi connectivity index (χ4n) is 3.62. The molecule has 3 aromatic rings. The van der Waals surface area contributed by atoms with Gasteiger partial charge in [-0.3, -0.25) is 9.36 Å². The maximum absolute atomic E-state index is 13.0. The number of aromatic nitrogens is 3. The average Bonchev–Trinajstić information content (AvgIpc) is 3.23. The van der Waals surface area contributed by atoms with Gasteiger partial charge in [0.15, 0.2) is 10.9 Å². The summed E-state index contributed by atoms with van der Waals surface area (Å²) in [7, 11) is 0. The van der Waals surface area contributed by atoms with Crippen molar-refractivity contribution in [3.05, 3.63) is 59.2 Å². The van der Waals surface area contributed by atoms with Gasteiger partial charge in [-0.15, -0.1) is 10.2 Å². The summed E-state index contributed by atoms with van der Waals surface area (Å²) in [5, 5.41) is 9.30. The smallest absolute Gasteiger partial charge is 0.387 e. The highest BCUT2D eigenvalue weighted by atomic mass is 32.2. The number of ketones is 1. The fourth-order valence-corrected chi connectivity index (χ4v) is 4.44. The molecule has 7 nitrogen and oxygen atoms in total. The van der Waals surface area contributed by atoms with Crippen molar-refractivity contribution in [2.75, 3.05) is 37.0 Å². The summed E-state index contributed by atoms with van der Waals surface area (Å²) in [5.74, 6) is 0.220. The van der Waals surface area contributed by atoms with Gasteiger partial charge < -0.3 is 14.4 Å². The van der Waals surface area contributed by atoms with Crippen LogP contribution in [0.5, 0.6) is 5.75 Å². The van der Waals surface area contributed by atoms with Crippen molar-refractivity contribution in [2.45, 2.75) is 25.6 Å². The predicted molar refractivity (Wildman–Crippen MR) is 122 cm³/mol. The van der Waals surface area contributed by atoms with Gasteiger partial charge in [-0.05, 0) is 37.6 Å². The van der Waals surface area contributed by atoms with Crippen LogP contribution in [-0.4, -0.2) is 59.2 Å². The summed E-state index contributed by atoms with van der Waals surface area (Å²) in [6, 6.07) is 12.5. The highest BCUT2D eigenvalue weighted by Gasteiger charge is 2.24. The van der Waals surface area contributed by atoms with Crippen LogP contribution >= 0.6 is 11.8 Å². The lowest BCUT2D eigenvalue weighted by molar-refractivity contribution is -0.0501. The SMILES string of the molecule is Cc1ccc(OC(F)F)c(C(=O)CSc2nnc(N3CCOCC3)n2-c2ccccc2C)c1. The number of carbonyl (C=O) groups excluding carboxylic acids is 1. The molecule has 174 valence electrons. The summed E-state index contributed by atoms with van der Waals surface area (Å²) < 4.78 is 37.5. The molecular weight excluding hydrogens is 450 g/mol. The number of alkyl halides is 2. The van der Waals surface area contributed by atoms with Crippen molar-refractivity contribution in [3.8, 4) is 11.4 Å². The van der Waals surface area contributed by atoms with Gasteiger partial charge in [0.25, 0.3) is 0 Å². The first-order valence-electron chi connectivity index (χ1n) is 10.5. The van der Waals surface area contributed by atoms with E-state index in [-0.39, 0.29) is 22.8 Å². The summed E-state index contributed by atoms with van der Waals surface area (Å²) in [4.78, 5) is 15.1. The molecule has 0 unspecified atom stereocenters. The number of hydrogen-bond donors (Lipinski definition) is 0. The Morgan fingerprint density at radius 3 is 2.64 bits per heavy atom. The van der Waals surface area contributed by atoms with E-state index in [0.717, 1.165) is 16.8 Å². The molecule has 4 rings (SSSR count). The van der Waals surface area contributed by atoms with Crippen molar-refractivity contribution in [1.29, 1.82) is 0 Å². The third kappa shape index (κ3) is 5.33. The zero-order valence-electron chi connectivity index (χ0n) is 18.3. The van der Waals surface area contributed by atoms with Gasteiger partial charge in [0.2, 0.25) is 5.95 Å². The normalized spacial score (nSPS) is 14.0. The summed E-state index contributed by atoms with van der Waals surface area (Å²) >= 11 is 1.21. The van der Waals surface area contributed by atoms with E-state index < -0.39 is 6.61 Å². The van der Waals surface area contributed by atoms with Crippen LogP contribution in [0.2, 0.25) is 0 Å². The highest BCUT2D eigenvalue weighted by Crippen LogP contribution is 2.30. The maximum atomic E-state index is 13.0. The number of hydrogen-bond acceptors (Lipinski definition) is 7. The Balaban J connectivity index is 1.63. The van der Waals surface area contributed by atoms with Crippen molar-refractivity contribution in [1.82, 2.24) is 14.8 Å². The van der Waals surface area contributed by atoms with Crippen LogP contribution in [0.3, 0.4) is 0 Å². The van der Waals surface area contributed by atoms with Crippen LogP contribution in [0.15, 0.2) is 47.6 Å². The molecule has 0 radical (unpaired) electrons. The zero-order chi connectivity index (χ0) is 23.4. The molecule has 0 saturated carbocycles. The molecule has 10 heteroatoms. The minimum absolute atomic E-state index is 0.00379. The van der Waals surface area contributed by atoms with Gasteiger partial charge in [-0.2, -0.15) is 8.78 Å². The number of aryl methyl sites for hydroxylation is 2. The highest BCUT2D eigenvalue weighted by molar-refractivity contribution is 7.99. The number of rotatable bonds is 8. The van der Waals surface area contributed by atoms with Crippen LogP contribution < -0.4 is 9.64 Å². The van der Waals surface area contributed by atoms with Crippen LogP contribution in [0, 0.1) is 13.8 Å². The van der Waals surface area contributed by atoms with Gasteiger partial charge in [-0.25, -0.2) is 0 Å². The van der Waals surface area contributed by atoms with Crippen molar-refractivity contribution >= 4 is 23.5 Å². The Labute approximate surface area is 194 Å². The standard InChI is InChI=1S/C23H24F2N4O3S/c1-15-7-8-20(32-21(24)25)17(13-15)19(30)14-33-23-27-26-22(28-9-11-31-12-10-28)29(23)18-6-4-3-5-16(18)2/h3-8,13,21H,9-12,14H2,1-2H3. The average molecular weight is 475 g/mol. The molecule has 33 heavy (non-hydrogen) atoms. The Hall–Kier alpha value is -2.98.